The van der Waals surface area contributed by atoms with Crippen LogP contribution in [0.2, 0.25) is 0 Å². The topological polar surface area (TPSA) is 75.6 Å². The number of aliphatic carboxylic acids is 1. The predicted octanol–water partition coefficient (Wildman–Crippen LogP) is 3.29. The summed E-state index contributed by atoms with van der Waals surface area (Å²) < 4.78 is 5.12. The summed E-state index contributed by atoms with van der Waals surface area (Å²) in [5.41, 5.74) is 2.09. The number of hydrogen-bond donors (Lipinski definition) is 3. The first-order valence-corrected chi connectivity index (χ1v) is 10.7. The molecular weight excluding hydrogens is 394 g/mol. The second kappa shape index (κ2) is 11.7. The first-order chi connectivity index (χ1) is 13.5. The number of carboxylic acid groups (broad SMARTS) is 1. The molecule has 0 saturated heterocycles. The highest BCUT2D eigenvalue weighted by molar-refractivity contribution is 7.98. The zero-order valence-electron chi connectivity index (χ0n) is 15.7. The molecule has 0 fully saturated rings. The van der Waals surface area contributed by atoms with E-state index < -0.39 is 12.0 Å². The van der Waals surface area contributed by atoms with Gasteiger partial charge in [0.15, 0.2) is 0 Å². The molecule has 2 N–H and O–H groups in total. The Bertz CT molecular complexity index is 753. The molecule has 0 radical (unpaired) electrons. The summed E-state index contributed by atoms with van der Waals surface area (Å²) >= 11 is 5.74. The molecule has 0 unspecified atom stereocenters. The largest absolute Gasteiger partial charge is 0.497 e. The minimum Gasteiger partial charge on any atom is -0.497 e. The molecule has 0 saturated carbocycles. The van der Waals surface area contributed by atoms with Crippen LogP contribution in [0.25, 0.3) is 0 Å². The zero-order chi connectivity index (χ0) is 20.4. The summed E-state index contributed by atoms with van der Waals surface area (Å²) in [5.74, 6) is 0.386. The van der Waals surface area contributed by atoms with Crippen LogP contribution in [-0.2, 0) is 21.8 Å². The number of carbonyl (C=O) groups is 2. The third-order valence-electron chi connectivity index (χ3n) is 4.24. The molecule has 1 amide bonds. The molecule has 0 heterocycles. The Morgan fingerprint density at radius 2 is 1.79 bits per heavy atom. The third kappa shape index (κ3) is 7.13. The smallest absolute Gasteiger partial charge is 0.327 e. The van der Waals surface area contributed by atoms with Crippen molar-refractivity contribution in [3.63, 3.8) is 0 Å². The minimum atomic E-state index is -1.03. The van der Waals surface area contributed by atoms with Crippen LogP contribution < -0.4 is 10.1 Å². The summed E-state index contributed by atoms with van der Waals surface area (Å²) in [7, 11) is 1.61. The molecule has 2 aromatic carbocycles. The number of benzene rings is 2. The van der Waals surface area contributed by atoms with E-state index in [0.29, 0.717) is 17.9 Å². The molecule has 0 bridgehead atoms. The fraction of sp³-hybridized carbons (Fsp3) is 0.333. The number of thiol groups is 1. The van der Waals surface area contributed by atoms with Crippen LogP contribution in [0.15, 0.2) is 54.6 Å². The first kappa shape index (κ1) is 22.2. The summed E-state index contributed by atoms with van der Waals surface area (Å²) in [6.45, 7) is 0. The molecule has 2 rings (SSSR count). The summed E-state index contributed by atoms with van der Waals surface area (Å²) in [4.78, 5) is 24.1. The van der Waals surface area contributed by atoms with E-state index in [1.807, 2.05) is 54.6 Å². The number of ether oxygens (including phenoxy) is 1. The van der Waals surface area contributed by atoms with Gasteiger partial charge in [-0.15, -0.1) is 0 Å². The lowest BCUT2D eigenvalue weighted by Gasteiger charge is -2.19. The fourth-order valence-corrected chi connectivity index (χ4v) is 3.92. The normalized spacial score (nSPS) is 12.8. The summed E-state index contributed by atoms with van der Waals surface area (Å²) in [5, 5.41) is 12.1. The molecule has 5 nitrogen and oxygen atoms in total. The Morgan fingerprint density at radius 1 is 1.11 bits per heavy atom. The van der Waals surface area contributed by atoms with E-state index in [4.69, 9.17) is 4.74 Å². The fourth-order valence-electron chi connectivity index (χ4n) is 2.62. The number of nitrogens with one attached hydrogen (secondary N) is 1. The van der Waals surface area contributed by atoms with Crippen molar-refractivity contribution in [3.8, 4) is 5.75 Å². The standard InChI is InChI=1S/C21H25NO4S2/c1-26-18-9-7-16(8-10-18)13-28-14-19(21(24)25)22-20(23)17(12-27)11-15-5-3-2-4-6-15/h2-10,17,19,27H,11-14H2,1H3,(H,22,23)(H,24,25)/t17-,19+/m1/s1. The highest BCUT2D eigenvalue weighted by atomic mass is 32.2. The van der Waals surface area contributed by atoms with Crippen molar-refractivity contribution in [2.24, 2.45) is 5.92 Å². The predicted molar refractivity (Wildman–Crippen MR) is 116 cm³/mol. The van der Waals surface area contributed by atoms with Gasteiger partial charge < -0.3 is 15.2 Å². The Balaban J connectivity index is 1.87. The number of methoxy groups -OCH3 is 1. The van der Waals surface area contributed by atoms with Gasteiger partial charge in [-0.25, -0.2) is 4.79 Å². The van der Waals surface area contributed by atoms with Crippen LogP contribution in [0, 0.1) is 5.92 Å². The molecular formula is C21H25NO4S2. The lowest BCUT2D eigenvalue weighted by atomic mass is 10.00. The second-order valence-corrected chi connectivity index (χ2v) is 7.73. The van der Waals surface area contributed by atoms with Crippen molar-refractivity contribution in [2.75, 3.05) is 18.6 Å². The van der Waals surface area contributed by atoms with E-state index in [1.165, 1.54) is 11.8 Å². The molecule has 0 aliphatic heterocycles. The molecule has 2 atom stereocenters. The average Bonchev–Trinajstić information content (AvgIpc) is 2.72. The molecule has 0 aromatic heterocycles. The van der Waals surface area contributed by atoms with Crippen molar-refractivity contribution in [2.45, 2.75) is 18.2 Å². The number of carboxylic acids is 1. The van der Waals surface area contributed by atoms with E-state index in [9.17, 15) is 14.7 Å². The number of rotatable bonds is 11. The number of carbonyl (C=O) groups excluding carboxylic acids is 1. The van der Waals surface area contributed by atoms with Crippen molar-refractivity contribution < 1.29 is 19.4 Å². The first-order valence-electron chi connectivity index (χ1n) is 8.92. The molecule has 2 aromatic rings. The van der Waals surface area contributed by atoms with E-state index in [-0.39, 0.29) is 17.6 Å². The summed E-state index contributed by atoms with van der Waals surface area (Å²) in [6.07, 6.45) is 0.529. The lowest BCUT2D eigenvalue weighted by molar-refractivity contribution is -0.141. The molecule has 7 heteroatoms. The highest BCUT2D eigenvalue weighted by Gasteiger charge is 2.24. The second-order valence-electron chi connectivity index (χ2n) is 6.33. The van der Waals surface area contributed by atoms with Crippen LogP contribution >= 0.6 is 24.4 Å². The van der Waals surface area contributed by atoms with Gasteiger partial charge in [-0.3, -0.25) is 4.79 Å². The summed E-state index contributed by atoms with van der Waals surface area (Å²) in [6, 6.07) is 16.3. The molecule has 0 spiro atoms. The maximum Gasteiger partial charge on any atom is 0.327 e. The quantitative estimate of drug-likeness (QED) is 0.488. The van der Waals surface area contributed by atoms with E-state index in [1.54, 1.807) is 7.11 Å². The Labute approximate surface area is 175 Å². The van der Waals surface area contributed by atoms with Gasteiger partial charge in [-0.1, -0.05) is 42.5 Å². The van der Waals surface area contributed by atoms with Crippen molar-refractivity contribution in [3.05, 3.63) is 65.7 Å². The van der Waals surface area contributed by atoms with Gasteiger partial charge in [0.2, 0.25) is 5.91 Å². The van der Waals surface area contributed by atoms with Crippen LogP contribution in [-0.4, -0.2) is 41.6 Å². The van der Waals surface area contributed by atoms with E-state index >= 15 is 0 Å². The number of amides is 1. The van der Waals surface area contributed by atoms with E-state index in [0.717, 1.165) is 16.9 Å². The zero-order valence-corrected chi connectivity index (χ0v) is 17.4. The van der Waals surface area contributed by atoms with Gasteiger partial charge in [0.1, 0.15) is 11.8 Å². The van der Waals surface area contributed by atoms with Gasteiger partial charge in [-0.2, -0.15) is 24.4 Å². The van der Waals surface area contributed by atoms with Crippen LogP contribution in [0.5, 0.6) is 5.75 Å². The molecule has 0 aliphatic rings. The van der Waals surface area contributed by atoms with Crippen LogP contribution in [0.1, 0.15) is 11.1 Å². The lowest BCUT2D eigenvalue weighted by Crippen LogP contribution is -2.46. The van der Waals surface area contributed by atoms with Gasteiger partial charge in [0.05, 0.1) is 13.0 Å². The van der Waals surface area contributed by atoms with Crippen molar-refractivity contribution in [1.82, 2.24) is 5.32 Å². The molecule has 150 valence electrons. The Morgan fingerprint density at radius 3 is 2.36 bits per heavy atom. The van der Waals surface area contributed by atoms with Crippen molar-refractivity contribution in [1.29, 1.82) is 0 Å². The SMILES string of the molecule is COc1ccc(CSC[C@H](NC(=O)[C@@H](CS)Cc2ccccc2)C(=O)O)cc1. The van der Waals surface area contributed by atoms with E-state index in [2.05, 4.69) is 17.9 Å². The maximum absolute atomic E-state index is 12.6. The van der Waals surface area contributed by atoms with Gasteiger partial charge in [0.25, 0.3) is 0 Å². The Hall–Kier alpha value is -2.12. The number of hydrogen-bond acceptors (Lipinski definition) is 5. The van der Waals surface area contributed by atoms with Crippen molar-refractivity contribution >= 4 is 36.3 Å². The van der Waals surface area contributed by atoms with Gasteiger partial charge in [-0.05, 0) is 29.7 Å². The highest BCUT2D eigenvalue weighted by Crippen LogP contribution is 2.18. The molecule has 28 heavy (non-hydrogen) atoms. The van der Waals surface area contributed by atoms with Crippen LogP contribution in [0.3, 0.4) is 0 Å². The van der Waals surface area contributed by atoms with Gasteiger partial charge >= 0.3 is 5.97 Å². The van der Waals surface area contributed by atoms with Gasteiger partial charge in [0, 0.05) is 17.3 Å². The maximum atomic E-state index is 12.6. The number of thioether (sulfide) groups is 1. The monoisotopic (exact) mass is 419 g/mol. The Kier molecular flexibility index (Phi) is 9.23. The third-order valence-corrected chi connectivity index (χ3v) is 5.79. The minimum absolute atomic E-state index is 0.281. The average molecular weight is 420 g/mol. The van der Waals surface area contributed by atoms with Crippen LogP contribution in [0.4, 0.5) is 0 Å². The molecule has 0 aliphatic carbocycles.